The van der Waals surface area contributed by atoms with Crippen LogP contribution in [0.25, 0.3) is 0 Å². The highest BCUT2D eigenvalue weighted by atomic mass is 35.5. The molecule has 1 N–H and O–H groups in total. The Labute approximate surface area is 201 Å². The topological polar surface area (TPSA) is 26.7 Å². The van der Waals surface area contributed by atoms with E-state index in [0.29, 0.717) is 34.6 Å². The van der Waals surface area contributed by atoms with Crippen molar-refractivity contribution in [3.8, 4) is 0 Å². The average Bonchev–Trinajstić information content (AvgIpc) is 3.09. The largest absolute Gasteiger partial charge is 0.391 e. The Morgan fingerprint density at radius 2 is 1.62 bits per heavy atom. The number of rotatable bonds is 3. The molecule has 0 radical (unpaired) electrons. The van der Waals surface area contributed by atoms with Crippen molar-refractivity contribution in [1.82, 2.24) is 4.90 Å². The summed E-state index contributed by atoms with van der Waals surface area (Å²) in [5.41, 5.74) is 3.92. The first-order valence-electron chi connectivity index (χ1n) is 10.6. The lowest BCUT2D eigenvalue weighted by atomic mass is 9.98. The predicted octanol–water partition coefficient (Wildman–Crippen LogP) is 6.31. The molecule has 3 atom stereocenters. The molecule has 1 fully saturated rings. The van der Waals surface area contributed by atoms with Crippen molar-refractivity contribution < 1.29 is 9.50 Å². The number of halogens is 4. The molecule has 0 bridgehead atoms. The van der Waals surface area contributed by atoms with Crippen molar-refractivity contribution in [1.29, 1.82) is 0 Å². The van der Waals surface area contributed by atoms with Crippen molar-refractivity contribution in [2.75, 3.05) is 24.5 Å². The van der Waals surface area contributed by atoms with Gasteiger partial charge in [0.1, 0.15) is 5.82 Å². The lowest BCUT2D eigenvalue weighted by molar-refractivity contribution is 0.0489. The van der Waals surface area contributed by atoms with Gasteiger partial charge in [-0.05, 0) is 59.2 Å². The maximum absolute atomic E-state index is 13.7. The fourth-order valence-corrected chi connectivity index (χ4v) is 5.70. The first-order valence-corrected chi connectivity index (χ1v) is 11.7. The number of anilines is 1. The third-order valence-corrected chi connectivity index (χ3v) is 7.29. The summed E-state index contributed by atoms with van der Waals surface area (Å²) in [5, 5.41) is 12.8. The SMILES string of the molecule is O[C@H]1Cc2cc(F)ccc2C1N1CCN(c2ccc(Cl)cc2Cl)[C@H](c2ccc(Cl)cc2)C1. The molecular weight excluding hydrogens is 470 g/mol. The van der Waals surface area contributed by atoms with Gasteiger partial charge in [0.2, 0.25) is 0 Å². The van der Waals surface area contributed by atoms with Gasteiger partial charge < -0.3 is 10.0 Å². The number of aliphatic hydroxyl groups is 1. The normalized spacial score (nSPS) is 23.4. The van der Waals surface area contributed by atoms with E-state index in [-0.39, 0.29) is 17.9 Å². The average molecular weight is 492 g/mol. The summed E-state index contributed by atoms with van der Waals surface area (Å²) in [5.74, 6) is -0.266. The number of hydrogen-bond acceptors (Lipinski definition) is 3. The van der Waals surface area contributed by atoms with Crippen LogP contribution in [-0.2, 0) is 6.42 Å². The highest BCUT2D eigenvalue weighted by molar-refractivity contribution is 6.36. The standard InChI is InChI=1S/C25H22Cl3FN2O/c26-17-3-1-15(2-4-17)23-14-30(9-10-31(23)22-8-5-18(27)13-21(22)28)25-20-7-6-19(29)11-16(20)12-24(25)32/h1-8,11,13,23-25,32H,9-10,12,14H2/t23-,24-,25?/m0/s1. The lowest BCUT2D eigenvalue weighted by Crippen LogP contribution is -2.51. The van der Waals surface area contributed by atoms with Gasteiger partial charge in [0, 0.05) is 36.1 Å². The number of nitrogens with zero attached hydrogens (tertiary/aromatic N) is 2. The fourth-order valence-electron chi connectivity index (χ4n) is 5.05. The van der Waals surface area contributed by atoms with Gasteiger partial charge in [0.15, 0.2) is 0 Å². The summed E-state index contributed by atoms with van der Waals surface area (Å²) in [4.78, 5) is 4.58. The second-order valence-electron chi connectivity index (χ2n) is 8.41. The molecule has 0 aromatic heterocycles. The van der Waals surface area contributed by atoms with Crippen LogP contribution in [0.5, 0.6) is 0 Å². The number of benzene rings is 3. The zero-order valence-corrected chi connectivity index (χ0v) is 19.5. The zero-order valence-electron chi connectivity index (χ0n) is 17.2. The van der Waals surface area contributed by atoms with Crippen LogP contribution < -0.4 is 4.90 Å². The van der Waals surface area contributed by atoms with Gasteiger partial charge in [-0.15, -0.1) is 0 Å². The number of hydrogen-bond donors (Lipinski definition) is 1. The molecule has 1 saturated heterocycles. The van der Waals surface area contributed by atoms with Gasteiger partial charge in [-0.3, -0.25) is 4.90 Å². The van der Waals surface area contributed by atoms with E-state index in [2.05, 4.69) is 9.80 Å². The van der Waals surface area contributed by atoms with Crippen molar-refractivity contribution >= 4 is 40.5 Å². The molecule has 0 amide bonds. The van der Waals surface area contributed by atoms with Crippen LogP contribution in [0.2, 0.25) is 15.1 Å². The van der Waals surface area contributed by atoms with Crippen LogP contribution in [0.4, 0.5) is 10.1 Å². The predicted molar refractivity (Wildman–Crippen MR) is 128 cm³/mol. The van der Waals surface area contributed by atoms with E-state index in [1.165, 1.54) is 6.07 Å². The number of piperazine rings is 1. The number of aliphatic hydroxyl groups excluding tert-OH is 1. The van der Waals surface area contributed by atoms with Crippen LogP contribution in [0, 0.1) is 5.82 Å². The minimum atomic E-state index is -0.566. The van der Waals surface area contributed by atoms with E-state index in [1.54, 1.807) is 12.1 Å². The summed E-state index contributed by atoms with van der Waals surface area (Å²) >= 11 is 18.8. The smallest absolute Gasteiger partial charge is 0.123 e. The monoisotopic (exact) mass is 490 g/mol. The van der Waals surface area contributed by atoms with Crippen molar-refractivity contribution in [3.05, 3.63) is 98.2 Å². The second-order valence-corrected chi connectivity index (χ2v) is 9.69. The van der Waals surface area contributed by atoms with Crippen LogP contribution >= 0.6 is 34.8 Å². The molecule has 1 aliphatic heterocycles. The fraction of sp³-hybridized carbons (Fsp3) is 0.280. The highest BCUT2D eigenvalue weighted by Crippen LogP contribution is 2.42. The van der Waals surface area contributed by atoms with Crippen molar-refractivity contribution in [2.24, 2.45) is 0 Å². The molecule has 166 valence electrons. The van der Waals surface area contributed by atoms with Crippen LogP contribution in [0.15, 0.2) is 60.7 Å². The molecule has 3 nitrogen and oxygen atoms in total. The number of fused-ring (bicyclic) bond motifs is 1. The third kappa shape index (κ3) is 4.11. The third-order valence-electron chi connectivity index (χ3n) is 6.50. The van der Waals surface area contributed by atoms with Crippen LogP contribution in [0.1, 0.15) is 28.8 Å². The molecule has 2 aliphatic rings. The van der Waals surface area contributed by atoms with Gasteiger partial charge in [-0.25, -0.2) is 4.39 Å². The summed E-state index contributed by atoms with van der Waals surface area (Å²) < 4.78 is 13.7. The molecule has 1 aliphatic carbocycles. The molecule has 1 unspecified atom stereocenters. The Kier molecular flexibility index (Phi) is 6.08. The summed E-state index contributed by atoms with van der Waals surface area (Å²) in [7, 11) is 0. The first kappa shape index (κ1) is 22.0. The molecule has 5 rings (SSSR count). The maximum Gasteiger partial charge on any atom is 0.123 e. The second kappa shape index (κ2) is 8.85. The summed E-state index contributed by atoms with van der Waals surface area (Å²) in [6.45, 7) is 2.13. The van der Waals surface area contributed by atoms with E-state index in [1.807, 2.05) is 42.5 Å². The molecule has 0 spiro atoms. The van der Waals surface area contributed by atoms with E-state index in [9.17, 15) is 9.50 Å². The quantitative estimate of drug-likeness (QED) is 0.465. The van der Waals surface area contributed by atoms with Crippen molar-refractivity contribution in [3.63, 3.8) is 0 Å². The van der Waals surface area contributed by atoms with Gasteiger partial charge in [0.05, 0.1) is 28.9 Å². The highest BCUT2D eigenvalue weighted by Gasteiger charge is 2.40. The summed E-state index contributed by atoms with van der Waals surface area (Å²) in [6, 6.07) is 18.1. The Morgan fingerprint density at radius 1 is 0.875 bits per heavy atom. The van der Waals surface area contributed by atoms with Gasteiger partial charge >= 0.3 is 0 Å². The van der Waals surface area contributed by atoms with E-state index < -0.39 is 6.10 Å². The van der Waals surface area contributed by atoms with Gasteiger partial charge in [-0.1, -0.05) is 53.0 Å². The zero-order chi connectivity index (χ0) is 22.4. The van der Waals surface area contributed by atoms with Crippen molar-refractivity contribution in [2.45, 2.75) is 24.6 Å². The molecule has 32 heavy (non-hydrogen) atoms. The molecular formula is C25H22Cl3FN2O. The lowest BCUT2D eigenvalue weighted by Gasteiger charge is -2.46. The van der Waals surface area contributed by atoms with E-state index in [0.717, 1.165) is 28.9 Å². The Bertz CT molecular complexity index is 1140. The molecule has 3 aromatic carbocycles. The Morgan fingerprint density at radius 3 is 2.38 bits per heavy atom. The van der Waals surface area contributed by atoms with Crippen LogP contribution in [0.3, 0.4) is 0 Å². The Balaban J connectivity index is 1.50. The van der Waals surface area contributed by atoms with E-state index in [4.69, 9.17) is 34.8 Å². The molecule has 1 heterocycles. The van der Waals surface area contributed by atoms with E-state index >= 15 is 0 Å². The Hall–Kier alpha value is -1.82. The minimum Gasteiger partial charge on any atom is -0.391 e. The van der Waals surface area contributed by atoms with Gasteiger partial charge in [-0.2, -0.15) is 0 Å². The van der Waals surface area contributed by atoms with Crippen LogP contribution in [-0.4, -0.2) is 35.7 Å². The molecule has 7 heteroatoms. The summed E-state index contributed by atoms with van der Waals surface area (Å²) in [6.07, 6.45) is -0.101. The first-order chi connectivity index (χ1) is 15.4. The minimum absolute atomic E-state index is 0.00334. The van der Waals surface area contributed by atoms with Gasteiger partial charge in [0.25, 0.3) is 0 Å². The molecule has 0 saturated carbocycles. The molecule has 3 aromatic rings. The maximum atomic E-state index is 13.7.